The summed E-state index contributed by atoms with van der Waals surface area (Å²) in [5, 5.41) is 3.63. The van der Waals surface area contributed by atoms with Crippen LogP contribution in [0, 0.1) is 12.8 Å². The van der Waals surface area contributed by atoms with Crippen molar-refractivity contribution in [2.45, 2.75) is 38.6 Å². The number of methoxy groups -OCH3 is 1. The van der Waals surface area contributed by atoms with Gasteiger partial charge in [-0.05, 0) is 62.3 Å². The SMILES string of the molecule is COc1cc(C2=C[C@@H]3NCCC[C@@H]3CC2)cnc1C. The van der Waals surface area contributed by atoms with Crippen molar-refractivity contribution in [2.75, 3.05) is 13.7 Å². The number of piperidine rings is 1. The molecule has 0 spiro atoms. The number of hydrogen-bond donors (Lipinski definition) is 1. The Morgan fingerprint density at radius 1 is 1.37 bits per heavy atom. The molecular formula is C16H22N2O. The highest BCUT2D eigenvalue weighted by Gasteiger charge is 2.27. The largest absolute Gasteiger partial charge is 0.495 e. The van der Waals surface area contributed by atoms with Crippen LogP contribution in [0.3, 0.4) is 0 Å². The van der Waals surface area contributed by atoms with E-state index in [9.17, 15) is 0 Å². The summed E-state index contributed by atoms with van der Waals surface area (Å²) in [5.41, 5.74) is 3.59. The molecule has 102 valence electrons. The molecule has 1 aliphatic carbocycles. The second-order valence-electron chi connectivity index (χ2n) is 5.62. The summed E-state index contributed by atoms with van der Waals surface area (Å²) in [5.74, 6) is 1.72. The number of pyridine rings is 1. The van der Waals surface area contributed by atoms with E-state index >= 15 is 0 Å². The van der Waals surface area contributed by atoms with E-state index in [1.54, 1.807) is 7.11 Å². The molecule has 19 heavy (non-hydrogen) atoms. The summed E-state index contributed by atoms with van der Waals surface area (Å²) >= 11 is 0. The van der Waals surface area contributed by atoms with Crippen LogP contribution in [0.1, 0.15) is 36.9 Å². The maximum Gasteiger partial charge on any atom is 0.140 e. The van der Waals surface area contributed by atoms with Gasteiger partial charge in [0.25, 0.3) is 0 Å². The fourth-order valence-electron chi connectivity index (χ4n) is 3.27. The maximum atomic E-state index is 5.38. The van der Waals surface area contributed by atoms with Crippen molar-refractivity contribution in [1.29, 1.82) is 0 Å². The minimum absolute atomic E-state index is 0.560. The smallest absolute Gasteiger partial charge is 0.140 e. The number of hydrogen-bond acceptors (Lipinski definition) is 3. The summed E-state index contributed by atoms with van der Waals surface area (Å²) in [7, 11) is 1.71. The monoisotopic (exact) mass is 258 g/mol. The van der Waals surface area contributed by atoms with E-state index < -0.39 is 0 Å². The molecule has 2 heterocycles. The minimum Gasteiger partial charge on any atom is -0.495 e. The number of allylic oxidation sites excluding steroid dienone is 1. The van der Waals surface area contributed by atoms with Gasteiger partial charge in [-0.2, -0.15) is 0 Å². The van der Waals surface area contributed by atoms with Crippen LogP contribution < -0.4 is 10.1 Å². The Bertz CT molecular complexity index is 496. The first kappa shape index (κ1) is 12.7. The third-order valence-electron chi connectivity index (χ3n) is 4.44. The van der Waals surface area contributed by atoms with Crippen molar-refractivity contribution in [3.63, 3.8) is 0 Å². The van der Waals surface area contributed by atoms with Crippen molar-refractivity contribution in [1.82, 2.24) is 10.3 Å². The van der Waals surface area contributed by atoms with Gasteiger partial charge in [-0.1, -0.05) is 6.08 Å². The molecule has 1 aromatic rings. The highest BCUT2D eigenvalue weighted by atomic mass is 16.5. The van der Waals surface area contributed by atoms with Gasteiger partial charge in [-0.15, -0.1) is 0 Å². The number of fused-ring (bicyclic) bond motifs is 1. The molecule has 0 amide bonds. The minimum atomic E-state index is 0.560. The van der Waals surface area contributed by atoms with Crippen molar-refractivity contribution in [2.24, 2.45) is 5.92 Å². The van der Waals surface area contributed by atoms with Crippen LogP contribution in [-0.2, 0) is 0 Å². The second kappa shape index (κ2) is 5.33. The standard InChI is InChI=1S/C16H22N2O/c1-11-16(19-2)9-14(10-18-11)13-6-5-12-4-3-7-17-15(12)8-13/h8-10,12,15,17H,3-7H2,1-2H3/t12-,15+/m1/s1. The third-order valence-corrected chi connectivity index (χ3v) is 4.44. The second-order valence-corrected chi connectivity index (χ2v) is 5.62. The fourth-order valence-corrected chi connectivity index (χ4v) is 3.27. The fraction of sp³-hybridized carbons (Fsp3) is 0.562. The van der Waals surface area contributed by atoms with Gasteiger partial charge >= 0.3 is 0 Å². The topological polar surface area (TPSA) is 34.1 Å². The molecule has 1 aromatic heterocycles. The summed E-state index contributed by atoms with van der Waals surface area (Å²) in [6.07, 6.45) is 9.55. The summed E-state index contributed by atoms with van der Waals surface area (Å²) in [6.45, 7) is 3.14. The molecule has 3 rings (SSSR count). The lowest BCUT2D eigenvalue weighted by molar-refractivity contribution is 0.298. The molecule has 0 saturated carbocycles. The average Bonchev–Trinajstić information content (AvgIpc) is 2.47. The molecular weight excluding hydrogens is 236 g/mol. The molecule has 1 aliphatic heterocycles. The zero-order valence-corrected chi connectivity index (χ0v) is 11.8. The molecule has 0 aromatic carbocycles. The predicted octanol–water partition coefficient (Wildman–Crippen LogP) is 2.94. The van der Waals surface area contributed by atoms with Gasteiger partial charge in [-0.3, -0.25) is 4.98 Å². The first-order valence-electron chi connectivity index (χ1n) is 7.23. The van der Waals surface area contributed by atoms with Gasteiger partial charge in [0.15, 0.2) is 0 Å². The summed E-state index contributed by atoms with van der Waals surface area (Å²) in [4.78, 5) is 4.44. The number of nitrogens with one attached hydrogen (secondary N) is 1. The highest BCUT2D eigenvalue weighted by Crippen LogP contribution is 2.35. The average molecular weight is 258 g/mol. The van der Waals surface area contributed by atoms with Crippen molar-refractivity contribution >= 4 is 5.57 Å². The molecule has 0 radical (unpaired) electrons. The Morgan fingerprint density at radius 2 is 2.26 bits per heavy atom. The van der Waals surface area contributed by atoms with Crippen LogP contribution in [-0.4, -0.2) is 24.7 Å². The Hall–Kier alpha value is -1.35. The molecule has 3 heteroatoms. The zero-order chi connectivity index (χ0) is 13.2. The van der Waals surface area contributed by atoms with Crippen LogP contribution in [0.5, 0.6) is 5.75 Å². The summed E-state index contributed by atoms with van der Waals surface area (Å²) < 4.78 is 5.38. The van der Waals surface area contributed by atoms with Crippen LogP contribution in [0.2, 0.25) is 0 Å². The quantitative estimate of drug-likeness (QED) is 0.885. The predicted molar refractivity (Wildman–Crippen MR) is 77.3 cm³/mol. The Balaban J connectivity index is 1.87. The van der Waals surface area contributed by atoms with Crippen LogP contribution in [0.25, 0.3) is 5.57 Å². The maximum absolute atomic E-state index is 5.38. The summed E-state index contributed by atoms with van der Waals surface area (Å²) in [6, 6.07) is 2.68. The Morgan fingerprint density at radius 3 is 3.11 bits per heavy atom. The lowest BCUT2D eigenvalue weighted by Crippen LogP contribution is -2.41. The van der Waals surface area contributed by atoms with Gasteiger partial charge in [0.05, 0.1) is 12.8 Å². The van der Waals surface area contributed by atoms with Gasteiger partial charge in [0.1, 0.15) is 5.75 Å². The molecule has 1 saturated heterocycles. The lowest BCUT2D eigenvalue weighted by atomic mass is 9.79. The first-order valence-corrected chi connectivity index (χ1v) is 7.23. The number of ether oxygens (including phenoxy) is 1. The Kier molecular flexibility index (Phi) is 3.56. The number of aromatic nitrogens is 1. The number of nitrogens with zero attached hydrogens (tertiary/aromatic N) is 1. The molecule has 3 nitrogen and oxygen atoms in total. The van der Waals surface area contributed by atoms with Crippen LogP contribution >= 0.6 is 0 Å². The van der Waals surface area contributed by atoms with Gasteiger partial charge in [-0.25, -0.2) is 0 Å². The van der Waals surface area contributed by atoms with E-state index in [1.165, 1.54) is 30.4 Å². The highest BCUT2D eigenvalue weighted by molar-refractivity contribution is 5.67. The molecule has 0 bridgehead atoms. The van der Waals surface area contributed by atoms with Crippen LogP contribution in [0.15, 0.2) is 18.3 Å². The van der Waals surface area contributed by atoms with E-state index in [-0.39, 0.29) is 0 Å². The molecule has 1 N–H and O–H groups in total. The van der Waals surface area contributed by atoms with Crippen molar-refractivity contribution < 1.29 is 4.74 Å². The van der Waals surface area contributed by atoms with E-state index in [2.05, 4.69) is 22.4 Å². The number of rotatable bonds is 2. The molecule has 2 atom stereocenters. The van der Waals surface area contributed by atoms with E-state index in [1.807, 2.05) is 13.1 Å². The van der Waals surface area contributed by atoms with Gasteiger partial charge < -0.3 is 10.1 Å². The van der Waals surface area contributed by atoms with E-state index in [4.69, 9.17) is 4.74 Å². The van der Waals surface area contributed by atoms with Crippen molar-refractivity contribution in [3.8, 4) is 5.75 Å². The van der Waals surface area contributed by atoms with Gasteiger partial charge in [0, 0.05) is 12.2 Å². The number of aryl methyl sites for hydroxylation is 1. The Labute approximate surface area is 115 Å². The van der Waals surface area contributed by atoms with E-state index in [0.29, 0.717) is 6.04 Å². The van der Waals surface area contributed by atoms with E-state index in [0.717, 1.165) is 30.3 Å². The van der Waals surface area contributed by atoms with Gasteiger partial charge in [0.2, 0.25) is 0 Å². The lowest BCUT2D eigenvalue weighted by Gasteiger charge is -2.35. The van der Waals surface area contributed by atoms with Crippen LogP contribution in [0.4, 0.5) is 0 Å². The van der Waals surface area contributed by atoms with Crippen molar-refractivity contribution in [3.05, 3.63) is 29.6 Å². The third kappa shape index (κ3) is 2.52. The molecule has 0 unspecified atom stereocenters. The normalized spacial score (nSPS) is 26.5. The molecule has 1 fully saturated rings. The molecule has 2 aliphatic rings. The zero-order valence-electron chi connectivity index (χ0n) is 11.8. The first-order chi connectivity index (χ1) is 9.28.